The third-order valence-corrected chi connectivity index (χ3v) is 6.36. The van der Waals surface area contributed by atoms with Crippen molar-refractivity contribution >= 4 is 52.7 Å². The van der Waals surface area contributed by atoms with Gasteiger partial charge >= 0.3 is 12.0 Å². The predicted octanol–water partition coefficient (Wildman–Crippen LogP) is 3.21. The van der Waals surface area contributed by atoms with E-state index >= 15 is 0 Å². The summed E-state index contributed by atoms with van der Waals surface area (Å²) in [5.74, 6) is 0.711. The number of nitrogen functional groups attached to an aromatic ring is 1. The van der Waals surface area contributed by atoms with Crippen molar-refractivity contribution in [2.45, 2.75) is 43.0 Å². The molecule has 2 aliphatic heterocycles. The van der Waals surface area contributed by atoms with Crippen molar-refractivity contribution in [1.29, 1.82) is 0 Å². The summed E-state index contributed by atoms with van der Waals surface area (Å²) >= 11 is 13.9. The Kier molecular flexibility index (Phi) is 5.86. The zero-order valence-corrected chi connectivity index (χ0v) is 15.7. The quantitative estimate of drug-likeness (QED) is 0.223. The van der Waals surface area contributed by atoms with Crippen LogP contribution in [0.4, 0.5) is 10.5 Å². The molecule has 9 heteroatoms. The average Bonchev–Trinajstić information content (AvgIpc) is 3.07. The molecule has 0 radical (unpaired) electrons. The molecule has 6 nitrogen and oxygen atoms in total. The second kappa shape index (κ2) is 7.93. The van der Waals surface area contributed by atoms with Crippen LogP contribution in [0.5, 0.6) is 5.75 Å². The molecule has 2 fully saturated rings. The summed E-state index contributed by atoms with van der Waals surface area (Å²) in [4.78, 5) is 23.3. The Morgan fingerprint density at radius 2 is 2.00 bits per heavy atom. The number of halogens is 2. The molecule has 0 aromatic heterocycles. The largest absolute Gasteiger partial charge is 0.423 e. The molecule has 4 N–H and O–H groups in total. The first-order chi connectivity index (χ1) is 11.9. The number of esters is 1. The fraction of sp³-hybridized carbons (Fsp3) is 0.500. The van der Waals surface area contributed by atoms with Gasteiger partial charge in [0.15, 0.2) is 5.75 Å². The standard InChI is InChI=1S/C16H19Cl2N3O3S/c17-9-5-8(19)6-10(18)15(9)24-13(22)4-2-1-3-12-14-11(7-25-12)20-16(23)21-14/h5-6,11-12,14H,1-4,7,19H2,(H2,20,21,23)/t11-,12-,14-/m0/s1. The number of fused-ring (bicyclic) bond motifs is 1. The molecule has 2 heterocycles. The average molecular weight is 404 g/mol. The van der Waals surface area contributed by atoms with Gasteiger partial charge in [0.1, 0.15) is 0 Å². The van der Waals surface area contributed by atoms with E-state index in [-0.39, 0.29) is 46.3 Å². The molecule has 2 aliphatic rings. The Balaban J connectivity index is 1.41. The van der Waals surface area contributed by atoms with Gasteiger partial charge in [-0.2, -0.15) is 11.8 Å². The first-order valence-electron chi connectivity index (χ1n) is 8.08. The molecule has 3 rings (SSSR count). The van der Waals surface area contributed by atoms with Crippen LogP contribution in [0, 0.1) is 0 Å². The van der Waals surface area contributed by atoms with Gasteiger partial charge in [-0.25, -0.2) is 4.79 Å². The molecule has 3 atom stereocenters. The second-order valence-electron chi connectivity index (χ2n) is 6.16. The number of thioether (sulfide) groups is 1. The lowest BCUT2D eigenvalue weighted by atomic mass is 10.0. The molecule has 0 aliphatic carbocycles. The summed E-state index contributed by atoms with van der Waals surface area (Å²) in [6.07, 6.45) is 2.82. The number of unbranched alkanes of at least 4 members (excludes halogenated alkanes) is 1. The lowest BCUT2D eigenvalue weighted by molar-refractivity contribution is -0.134. The van der Waals surface area contributed by atoms with Crippen LogP contribution in [-0.4, -0.2) is 35.1 Å². The van der Waals surface area contributed by atoms with E-state index in [4.69, 9.17) is 33.7 Å². The van der Waals surface area contributed by atoms with E-state index in [1.54, 1.807) is 0 Å². The summed E-state index contributed by atoms with van der Waals surface area (Å²) in [6.45, 7) is 0. The summed E-state index contributed by atoms with van der Waals surface area (Å²) < 4.78 is 5.26. The van der Waals surface area contributed by atoms with E-state index in [2.05, 4.69) is 10.6 Å². The third kappa shape index (κ3) is 4.46. The van der Waals surface area contributed by atoms with Crippen LogP contribution in [0.3, 0.4) is 0 Å². The SMILES string of the molecule is Nc1cc(Cl)c(OC(=O)CCCC[C@@H]2SC[C@@H]3NC(=O)N[C@@H]32)c(Cl)c1. The smallest absolute Gasteiger partial charge is 0.315 e. The highest BCUT2D eigenvalue weighted by atomic mass is 35.5. The minimum Gasteiger partial charge on any atom is -0.423 e. The first-order valence-corrected chi connectivity index (χ1v) is 9.88. The van der Waals surface area contributed by atoms with E-state index in [1.165, 1.54) is 12.1 Å². The van der Waals surface area contributed by atoms with Crippen LogP contribution in [0.2, 0.25) is 10.0 Å². The molecule has 0 saturated carbocycles. The number of benzene rings is 1. The van der Waals surface area contributed by atoms with Crippen molar-refractivity contribution in [3.05, 3.63) is 22.2 Å². The van der Waals surface area contributed by atoms with Crippen LogP contribution in [0.15, 0.2) is 12.1 Å². The fourth-order valence-corrected chi connectivity index (χ4v) is 5.22. The molecule has 1 aromatic carbocycles. The van der Waals surface area contributed by atoms with Gasteiger partial charge in [0, 0.05) is 23.1 Å². The lowest BCUT2D eigenvalue weighted by Gasteiger charge is -2.16. The fourth-order valence-electron chi connectivity index (χ4n) is 3.10. The number of urea groups is 1. The van der Waals surface area contributed by atoms with Crippen molar-refractivity contribution in [2.24, 2.45) is 0 Å². The summed E-state index contributed by atoms with van der Waals surface area (Å²) in [6, 6.07) is 3.32. The number of hydrogen-bond acceptors (Lipinski definition) is 5. The van der Waals surface area contributed by atoms with Gasteiger partial charge in [-0.05, 0) is 25.0 Å². The number of rotatable bonds is 6. The Morgan fingerprint density at radius 3 is 2.72 bits per heavy atom. The van der Waals surface area contributed by atoms with Crippen molar-refractivity contribution in [3.8, 4) is 5.75 Å². The van der Waals surface area contributed by atoms with E-state index in [0.717, 1.165) is 18.6 Å². The molecule has 1 aromatic rings. The van der Waals surface area contributed by atoms with Crippen LogP contribution < -0.4 is 21.1 Å². The maximum absolute atomic E-state index is 12.0. The molecule has 0 bridgehead atoms. The van der Waals surface area contributed by atoms with Crippen LogP contribution in [-0.2, 0) is 4.79 Å². The van der Waals surface area contributed by atoms with Gasteiger partial charge in [0.2, 0.25) is 0 Å². The predicted molar refractivity (Wildman–Crippen MR) is 100 cm³/mol. The summed E-state index contributed by atoms with van der Waals surface area (Å²) in [5, 5.41) is 6.71. The Morgan fingerprint density at radius 1 is 1.28 bits per heavy atom. The maximum atomic E-state index is 12.0. The number of nitrogens with two attached hydrogens (primary N) is 1. The lowest BCUT2D eigenvalue weighted by Crippen LogP contribution is -2.36. The van der Waals surface area contributed by atoms with Crippen molar-refractivity contribution < 1.29 is 14.3 Å². The number of ether oxygens (including phenoxy) is 1. The molecule has 2 amide bonds. The third-order valence-electron chi connectivity index (χ3n) is 4.29. The Bertz CT molecular complexity index is 666. The summed E-state index contributed by atoms with van der Waals surface area (Å²) in [5.41, 5.74) is 6.03. The van der Waals surface area contributed by atoms with E-state index in [1.807, 2.05) is 11.8 Å². The van der Waals surface area contributed by atoms with Gasteiger partial charge in [-0.1, -0.05) is 29.6 Å². The van der Waals surface area contributed by atoms with Crippen LogP contribution in [0.1, 0.15) is 25.7 Å². The van der Waals surface area contributed by atoms with Crippen LogP contribution in [0.25, 0.3) is 0 Å². The number of nitrogens with one attached hydrogen (secondary N) is 2. The second-order valence-corrected chi connectivity index (χ2v) is 8.24. The summed E-state index contributed by atoms with van der Waals surface area (Å²) in [7, 11) is 0. The van der Waals surface area contributed by atoms with Gasteiger partial charge < -0.3 is 21.1 Å². The molecule has 25 heavy (non-hydrogen) atoms. The monoisotopic (exact) mass is 403 g/mol. The van der Waals surface area contributed by atoms with Crippen molar-refractivity contribution in [1.82, 2.24) is 10.6 Å². The maximum Gasteiger partial charge on any atom is 0.315 e. The molecule has 2 saturated heterocycles. The molecule has 136 valence electrons. The minimum absolute atomic E-state index is 0.0823. The highest BCUT2D eigenvalue weighted by Crippen LogP contribution is 2.36. The van der Waals surface area contributed by atoms with Crippen LogP contribution >= 0.6 is 35.0 Å². The normalized spacial score (nSPS) is 24.6. The molecular formula is C16H19Cl2N3O3S. The number of carbonyl (C=O) groups is 2. The Hall–Kier alpha value is -1.31. The topological polar surface area (TPSA) is 93.4 Å². The highest BCUT2D eigenvalue weighted by Gasteiger charge is 2.42. The number of hydrogen-bond donors (Lipinski definition) is 3. The molecule has 0 spiro atoms. The zero-order chi connectivity index (χ0) is 18.0. The van der Waals surface area contributed by atoms with E-state index in [9.17, 15) is 9.59 Å². The minimum atomic E-state index is -0.374. The number of carbonyl (C=O) groups excluding carboxylic acids is 2. The van der Waals surface area contributed by atoms with E-state index < -0.39 is 0 Å². The van der Waals surface area contributed by atoms with Crippen molar-refractivity contribution in [3.63, 3.8) is 0 Å². The van der Waals surface area contributed by atoms with Gasteiger partial charge in [0.25, 0.3) is 0 Å². The molecule has 0 unspecified atom stereocenters. The molecular weight excluding hydrogens is 385 g/mol. The first kappa shape index (κ1) is 18.5. The van der Waals surface area contributed by atoms with Gasteiger partial charge in [-0.15, -0.1) is 0 Å². The Labute approximate surface area is 160 Å². The number of anilines is 1. The zero-order valence-electron chi connectivity index (χ0n) is 13.4. The highest BCUT2D eigenvalue weighted by molar-refractivity contribution is 8.00. The van der Waals surface area contributed by atoms with Gasteiger partial charge in [-0.3, -0.25) is 4.79 Å². The van der Waals surface area contributed by atoms with E-state index in [0.29, 0.717) is 17.4 Å². The number of amides is 2. The van der Waals surface area contributed by atoms with Gasteiger partial charge in [0.05, 0.1) is 22.1 Å². The van der Waals surface area contributed by atoms with Crippen molar-refractivity contribution in [2.75, 3.05) is 11.5 Å².